The van der Waals surface area contributed by atoms with Gasteiger partial charge in [-0.2, -0.15) is 0 Å². The molecule has 0 aliphatic rings. The molecule has 109 heavy (non-hydrogen) atoms. The molecule has 0 unspecified atom stereocenters. The third kappa shape index (κ3) is 46.6. The van der Waals surface area contributed by atoms with Gasteiger partial charge in [0.05, 0.1) is 291 Å². The van der Waals surface area contributed by atoms with Crippen LogP contribution in [0.25, 0.3) is 22.3 Å². The summed E-state index contributed by atoms with van der Waals surface area (Å²) in [4.78, 5) is 0. The first-order chi connectivity index (χ1) is 53.9. The average molecular weight is 1540 g/mol. The number of aryl methyl sites for hydroxylation is 6. The second-order valence-corrected chi connectivity index (χ2v) is 24.8. The fourth-order valence-electron chi connectivity index (χ4n) is 10.5. The maximum atomic E-state index is 6.17. The van der Waals surface area contributed by atoms with Crippen LogP contribution in [0.15, 0.2) is 106 Å². The van der Waals surface area contributed by atoms with Gasteiger partial charge in [0.1, 0.15) is 34.4 Å². The van der Waals surface area contributed by atoms with Gasteiger partial charge in [-0.15, -0.1) is 0 Å². The largest absolute Gasteiger partial charge is 0.493 e. The smallest absolute Gasteiger partial charge is 0.137 e. The molecule has 4 aromatic carbocycles. The van der Waals surface area contributed by atoms with Crippen LogP contribution in [0.2, 0.25) is 0 Å². The summed E-state index contributed by atoms with van der Waals surface area (Å²) in [7, 11) is 0. The molecule has 2 heterocycles. The SMILES string of the molecule is Cc1cc(-c2ccccc2)cc(C)c1OCCCc1cc(COCCOCCOCCOCCOCCOCCOCCOCCOCCOCCOCCOCCOCCOCCOCCOCCOCCOCCOCCOCCOCc2cc(CCCOc3c(C)cc(-c4ccccc4)cc3C)on2)no1. The van der Waals surface area contributed by atoms with E-state index in [1.807, 2.05) is 24.3 Å². The topological polar surface area (TPSA) is 264 Å². The zero-order chi connectivity index (χ0) is 76.4. The third-order valence-electron chi connectivity index (χ3n) is 15.9. The highest BCUT2D eigenvalue weighted by atomic mass is 16.6. The molecule has 0 atom stereocenters. The van der Waals surface area contributed by atoms with Crippen molar-refractivity contribution < 1.29 is 118 Å². The van der Waals surface area contributed by atoms with Gasteiger partial charge in [-0.1, -0.05) is 71.0 Å². The minimum Gasteiger partial charge on any atom is -0.493 e. The van der Waals surface area contributed by atoms with Crippen LogP contribution in [0.5, 0.6) is 11.5 Å². The van der Waals surface area contributed by atoms with Crippen molar-refractivity contribution in [3.8, 4) is 33.8 Å². The van der Waals surface area contributed by atoms with E-state index in [9.17, 15) is 0 Å². The Morgan fingerprint density at radius 1 is 0.220 bits per heavy atom. The van der Waals surface area contributed by atoms with Crippen molar-refractivity contribution in [1.82, 2.24) is 10.3 Å². The van der Waals surface area contributed by atoms with Gasteiger partial charge in [0.25, 0.3) is 0 Å². The Bertz CT molecular complexity index is 2820. The molecule has 612 valence electrons. The van der Waals surface area contributed by atoms with E-state index in [-0.39, 0.29) is 0 Å². The van der Waals surface area contributed by atoms with Crippen molar-refractivity contribution in [3.05, 3.63) is 142 Å². The maximum absolute atomic E-state index is 6.17. The van der Waals surface area contributed by atoms with E-state index < -0.39 is 0 Å². The highest BCUT2D eigenvalue weighted by Crippen LogP contribution is 2.32. The van der Waals surface area contributed by atoms with Gasteiger partial charge in [-0.3, -0.25) is 0 Å². The Balaban J connectivity index is 0.533. The Morgan fingerprint density at radius 2 is 0.413 bits per heavy atom. The van der Waals surface area contributed by atoms with Crippen LogP contribution >= 0.6 is 0 Å². The standard InChI is InChI=1S/C82H124N2O25/c1-69-61-75(73-13-7-5-8-14-73)62-70(2)81(69)106-19-11-17-79-65-77(83-108-79)67-104-59-57-102-55-53-100-51-49-98-47-45-96-43-41-94-39-37-92-35-33-90-31-29-88-27-25-86-23-21-85-22-24-87-26-28-89-30-32-91-34-36-93-38-40-95-42-44-97-46-48-99-50-52-101-54-56-103-58-60-105-68-78-66-80(109-84-78)18-12-20-107-82-71(3)63-76(64-72(82)4)74-15-9-6-10-16-74/h5-10,13-16,61-66H,11-12,17-60,67-68H2,1-4H3. The predicted octanol–water partition coefficient (Wildman–Crippen LogP) is 10.3. The monoisotopic (exact) mass is 1540 g/mol. The second kappa shape index (κ2) is 64.6. The number of rotatable bonds is 76. The molecule has 27 heteroatoms. The van der Waals surface area contributed by atoms with Crippen molar-refractivity contribution >= 4 is 0 Å². The van der Waals surface area contributed by atoms with Gasteiger partial charge in [-0.25, -0.2) is 0 Å². The van der Waals surface area contributed by atoms with Crippen LogP contribution in [0.3, 0.4) is 0 Å². The zero-order valence-corrected chi connectivity index (χ0v) is 65.3. The Hall–Kier alpha value is -5.94. The molecule has 0 saturated carbocycles. The molecule has 0 N–H and O–H groups in total. The van der Waals surface area contributed by atoms with Crippen molar-refractivity contribution in [2.75, 3.05) is 277 Å². The molecule has 0 fully saturated rings. The van der Waals surface area contributed by atoms with Crippen LogP contribution in [0.4, 0.5) is 0 Å². The summed E-state index contributed by atoms with van der Waals surface area (Å²) in [5.41, 5.74) is 10.8. The summed E-state index contributed by atoms with van der Waals surface area (Å²) in [6, 6.07) is 33.4. The summed E-state index contributed by atoms with van der Waals surface area (Å²) in [5, 5.41) is 8.27. The van der Waals surface area contributed by atoms with E-state index >= 15 is 0 Å². The first-order valence-electron chi connectivity index (χ1n) is 38.5. The summed E-state index contributed by atoms with van der Waals surface area (Å²) < 4.78 is 140. The van der Waals surface area contributed by atoms with Gasteiger partial charge in [0.2, 0.25) is 0 Å². The van der Waals surface area contributed by atoms with Crippen LogP contribution < -0.4 is 9.47 Å². The van der Waals surface area contributed by atoms with Gasteiger partial charge < -0.3 is 118 Å². The number of benzene rings is 4. The lowest BCUT2D eigenvalue weighted by molar-refractivity contribution is -0.0317. The van der Waals surface area contributed by atoms with Crippen molar-refractivity contribution in [1.29, 1.82) is 0 Å². The molecule has 0 bridgehead atoms. The third-order valence-corrected chi connectivity index (χ3v) is 15.9. The van der Waals surface area contributed by atoms with E-state index in [0.717, 1.165) is 82.3 Å². The van der Waals surface area contributed by atoms with E-state index in [2.05, 4.69) is 111 Å². The molecule has 0 radical (unpaired) electrons. The van der Waals surface area contributed by atoms with Gasteiger partial charge in [0.15, 0.2) is 0 Å². The van der Waals surface area contributed by atoms with Crippen molar-refractivity contribution in [2.45, 2.75) is 66.6 Å². The van der Waals surface area contributed by atoms with Crippen LogP contribution in [-0.2, 0) is 126 Å². The number of ether oxygens (including phenoxy) is 23. The number of hydrogen-bond acceptors (Lipinski definition) is 27. The average Bonchev–Trinajstić information content (AvgIpc) is 1.24. The van der Waals surface area contributed by atoms with Crippen molar-refractivity contribution in [2.24, 2.45) is 0 Å². The lowest BCUT2D eigenvalue weighted by Crippen LogP contribution is -2.16. The zero-order valence-electron chi connectivity index (χ0n) is 65.3. The molecule has 0 spiro atoms. The second-order valence-electron chi connectivity index (χ2n) is 24.8. The molecule has 6 aromatic rings. The molecule has 6 rings (SSSR count). The van der Waals surface area contributed by atoms with Gasteiger partial charge in [-0.05, 0) is 109 Å². The fourth-order valence-corrected chi connectivity index (χ4v) is 10.5. The van der Waals surface area contributed by atoms with Gasteiger partial charge in [0, 0.05) is 25.0 Å². The minimum atomic E-state index is 0.361. The van der Waals surface area contributed by atoms with Crippen LogP contribution in [0, 0.1) is 27.7 Å². The lowest BCUT2D eigenvalue weighted by atomic mass is 10.00. The van der Waals surface area contributed by atoms with Gasteiger partial charge >= 0.3 is 0 Å². The predicted molar refractivity (Wildman–Crippen MR) is 408 cm³/mol. The summed E-state index contributed by atoms with van der Waals surface area (Å²) in [5.74, 6) is 3.51. The van der Waals surface area contributed by atoms with E-state index in [4.69, 9.17) is 118 Å². The molecule has 27 nitrogen and oxygen atoms in total. The first-order valence-corrected chi connectivity index (χ1v) is 38.5. The molecule has 2 aromatic heterocycles. The molecule has 0 saturated heterocycles. The molecule has 0 amide bonds. The summed E-state index contributed by atoms with van der Waals surface area (Å²) in [6.07, 6.45) is 3.09. The normalized spacial score (nSPS) is 11.6. The quantitative estimate of drug-likeness (QED) is 0.0321. The summed E-state index contributed by atoms with van der Waals surface area (Å²) in [6.45, 7) is 29.3. The molecule has 0 aliphatic carbocycles. The number of nitrogens with zero attached hydrogens (tertiary/aromatic N) is 2. The van der Waals surface area contributed by atoms with E-state index in [1.54, 1.807) is 0 Å². The molecular formula is C82H124N2O25. The Kier molecular flexibility index (Phi) is 54.5. The maximum Gasteiger partial charge on any atom is 0.137 e. The highest BCUT2D eigenvalue weighted by molar-refractivity contribution is 5.68. The minimum absolute atomic E-state index is 0.361. The fraction of sp³-hybridized carbons (Fsp3) is 0.634. The Morgan fingerprint density at radius 3 is 0.615 bits per heavy atom. The number of hydrogen-bond donors (Lipinski definition) is 0. The lowest BCUT2D eigenvalue weighted by Gasteiger charge is -2.14. The van der Waals surface area contributed by atoms with Crippen molar-refractivity contribution in [3.63, 3.8) is 0 Å². The molecular weight excluding hydrogens is 1410 g/mol. The van der Waals surface area contributed by atoms with E-state index in [0.29, 0.717) is 291 Å². The Labute approximate surface area is 645 Å². The summed E-state index contributed by atoms with van der Waals surface area (Å²) >= 11 is 0. The van der Waals surface area contributed by atoms with Crippen LogP contribution in [0.1, 0.15) is 58.0 Å². The van der Waals surface area contributed by atoms with E-state index in [1.165, 1.54) is 22.3 Å². The first kappa shape index (κ1) is 91.9. The number of aromatic nitrogens is 2. The highest BCUT2D eigenvalue weighted by Gasteiger charge is 2.13. The van der Waals surface area contributed by atoms with Crippen LogP contribution in [-0.4, -0.2) is 288 Å². The molecule has 0 aliphatic heterocycles.